The first-order chi connectivity index (χ1) is 7.70. The highest BCUT2D eigenvalue weighted by Gasteiger charge is 2.13. The van der Waals surface area contributed by atoms with Crippen LogP contribution in [0.3, 0.4) is 0 Å². The normalized spacial score (nSPS) is 11.9. The van der Waals surface area contributed by atoms with Crippen LogP contribution >= 0.6 is 28.3 Å². The first-order valence-corrected chi connectivity index (χ1v) is 5.85. The number of benzene rings is 1. The molecule has 0 spiro atoms. The van der Waals surface area contributed by atoms with Crippen LogP contribution in [0.4, 0.5) is 0 Å². The molecule has 1 aromatic carbocycles. The molecule has 2 aromatic rings. The van der Waals surface area contributed by atoms with E-state index in [9.17, 15) is 0 Å². The second kappa shape index (κ2) is 6.14. The van der Waals surface area contributed by atoms with E-state index in [-0.39, 0.29) is 18.4 Å². The Labute approximate surface area is 114 Å². The summed E-state index contributed by atoms with van der Waals surface area (Å²) in [5.41, 5.74) is 6.72. The SMILES string of the molecule is CC[C@H](N)c1nc(-c2cccc(Br)c2)no1.Cl. The van der Waals surface area contributed by atoms with Crippen molar-refractivity contribution in [1.82, 2.24) is 10.1 Å². The summed E-state index contributed by atoms with van der Waals surface area (Å²) in [6.45, 7) is 1.98. The zero-order valence-electron chi connectivity index (χ0n) is 9.26. The quantitative estimate of drug-likeness (QED) is 0.942. The fourth-order valence-electron chi connectivity index (χ4n) is 1.31. The summed E-state index contributed by atoms with van der Waals surface area (Å²) in [5.74, 6) is 1.05. The molecular weight excluding hydrogens is 305 g/mol. The van der Waals surface area contributed by atoms with Crippen molar-refractivity contribution in [1.29, 1.82) is 0 Å². The lowest BCUT2D eigenvalue weighted by atomic mass is 10.2. The molecule has 17 heavy (non-hydrogen) atoms. The number of nitrogens with zero attached hydrogens (tertiary/aromatic N) is 2. The van der Waals surface area contributed by atoms with E-state index >= 15 is 0 Å². The van der Waals surface area contributed by atoms with Gasteiger partial charge in [-0.05, 0) is 18.6 Å². The minimum atomic E-state index is -0.187. The third-order valence-corrected chi connectivity index (χ3v) is 2.77. The van der Waals surface area contributed by atoms with Crippen LogP contribution < -0.4 is 5.73 Å². The van der Waals surface area contributed by atoms with Gasteiger partial charge in [0.25, 0.3) is 0 Å². The second-order valence-corrected chi connectivity index (χ2v) is 4.40. The molecule has 0 aliphatic carbocycles. The van der Waals surface area contributed by atoms with Gasteiger partial charge in [0.15, 0.2) is 0 Å². The van der Waals surface area contributed by atoms with E-state index in [4.69, 9.17) is 10.3 Å². The molecule has 4 nitrogen and oxygen atoms in total. The summed E-state index contributed by atoms with van der Waals surface area (Å²) < 4.78 is 6.09. The molecule has 0 aliphatic heterocycles. The molecule has 0 bridgehead atoms. The molecule has 1 heterocycles. The van der Waals surface area contributed by atoms with Crippen molar-refractivity contribution in [3.05, 3.63) is 34.6 Å². The van der Waals surface area contributed by atoms with Gasteiger partial charge < -0.3 is 10.3 Å². The van der Waals surface area contributed by atoms with Crippen molar-refractivity contribution < 1.29 is 4.52 Å². The van der Waals surface area contributed by atoms with Gasteiger partial charge in [-0.3, -0.25) is 0 Å². The Kier molecular flexibility index (Phi) is 5.11. The smallest absolute Gasteiger partial charge is 0.243 e. The third kappa shape index (κ3) is 3.28. The van der Waals surface area contributed by atoms with Crippen molar-refractivity contribution in [2.75, 3.05) is 0 Å². The van der Waals surface area contributed by atoms with Crippen molar-refractivity contribution in [2.45, 2.75) is 19.4 Å². The van der Waals surface area contributed by atoms with Gasteiger partial charge in [0.05, 0.1) is 6.04 Å². The van der Waals surface area contributed by atoms with Gasteiger partial charge in [0.1, 0.15) is 0 Å². The van der Waals surface area contributed by atoms with Crippen LogP contribution in [0.25, 0.3) is 11.4 Å². The molecule has 92 valence electrons. The van der Waals surface area contributed by atoms with Gasteiger partial charge in [-0.1, -0.05) is 40.1 Å². The molecule has 1 aromatic heterocycles. The van der Waals surface area contributed by atoms with Crippen LogP contribution in [-0.2, 0) is 0 Å². The standard InChI is InChI=1S/C11H12BrN3O.ClH/c1-2-9(13)11-14-10(15-16-11)7-4-3-5-8(12)6-7;/h3-6,9H,2,13H2,1H3;1H/t9-;/m0./s1. The molecule has 2 N–H and O–H groups in total. The molecule has 0 radical (unpaired) electrons. The Morgan fingerprint density at radius 1 is 1.47 bits per heavy atom. The van der Waals surface area contributed by atoms with E-state index in [1.54, 1.807) is 0 Å². The van der Waals surface area contributed by atoms with Crippen LogP contribution in [0.5, 0.6) is 0 Å². The van der Waals surface area contributed by atoms with Crippen LogP contribution in [-0.4, -0.2) is 10.1 Å². The number of rotatable bonds is 3. The highest BCUT2D eigenvalue weighted by Crippen LogP contribution is 2.22. The lowest BCUT2D eigenvalue weighted by Crippen LogP contribution is -2.08. The first kappa shape index (κ1) is 14.2. The zero-order chi connectivity index (χ0) is 11.5. The van der Waals surface area contributed by atoms with Gasteiger partial charge in [0.2, 0.25) is 11.7 Å². The average Bonchev–Trinajstić information content (AvgIpc) is 2.77. The first-order valence-electron chi connectivity index (χ1n) is 5.06. The summed E-state index contributed by atoms with van der Waals surface area (Å²) in [5, 5.41) is 3.91. The van der Waals surface area contributed by atoms with E-state index in [2.05, 4.69) is 26.1 Å². The monoisotopic (exact) mass is 317 g/mol. The van der Waals surface area contributed by atoms with Gasteiger partial charge in [-0.15, -0.1) is 12.4 Å². The van der Waals surface area contributed by atoms with E-state index in [0.717, 1.165) is 16.5 Å². The number of hydrogen-bond donors (Lipinski definition) is 1. The van der Waals surface area contributed by atoms with Crippen LogP contribution in [0, 0.1) is 0 Å². The highest BCUT2D eigenvalue weighted by atomic mass is 79.9. The molecule has 6 heteroatoms. The van der Waals surface area contributed by atoms with E-state index in [1.165, 1.54) is 0 Å². The van der Waals surface area contributed by atoms with Crippen LogP contribution in [0.1, 0.15) is 25.3 Å². The Balaban J connectivity index is 0.00000144. The third-order valence-electron chi connectivity index (χ3n) is 2.28. The highest BCUT2D eigenvalue weighted by molar-refractivity contribution is 9.10. The largest absolute Gasteiger partial charge is 0.337 e. The van der Waals surface area contributed by atoms with E-state index in [0.29, 0.717) is 11.7 Å². The number of hydrogen-bond acceptors (Lipinski definition) is 4. The number of halogens is 2. The molecule has 1 atom stereocenters. The summed E-state index contributed by atoms with van der Waals surface area (Å²) in [7, 11) is 0. The fourth-order valence-corrected chi connectivity index (χ4v) is 1.70. The number of aromatic nitrogens is 2. The van der Waals surface area contributed by atoms with E-state index < -0.39 is 0 Å². The molecular formula is C11H13BrClN3O. The summed E-state index contributed by atoms with van der Waals surface area (Å²) in [6, 6.07) is 7.55. The minimum Gasteiger partial charge on any atom is -0.337 e. The molecule has 0 saturated heterocycles. The maximum Gasteiger partial charge on any atom is 0.243 e. The maximum atomic E-state index is 5.81. The number of nitrogens with two attached hydrogens (primary N) is 1. The fraction of sp³-hybridized carbons (Fsp3) is 0.273. The topological polar surface area (TPSA) is 64.9 Å². The van der Waals surface area contributed by atoms with Crippen LogP contribution in [0.15, 0.2) is 33.3 Å². The lowest BCUT2D eigenvalue weighted by molar-refractivity contribution is 0.352. The van der Waals surface area contributed by atoms with Crippen molar-refractivity contribution in [3.63, 3.8) is 0 Å². The Morgan fingerprint density at radius 3 is 2.88 bits per heavy atom. The summed E-state index contributed by atoms with van der Waals surface area (Å²) in [6.07, 6.45) is 0.778. The molecule has 0 saturated carbocycles. The molecule has 2 rings (SSSR count). The Bertz CT molecular complexity index is 489. The predicted octanol–water partition coefficient (Wildman–Crippen LogP) is 3.33. The Morgan fingerprint density at radius 2 is 2.24 bits per heavy atom. The summed E-state index contributed by atoms with van der Waals surface area (Å²) >= 11 is 3.40. The second-order valence-electron chi connectivity index (χ2n) is 3.48. The molecule has 0 amide bonds. The predicted molar refractivity (Wildman–Crippen MR) is 71.9 cm³/mol. The van der Waals surface area contributed by atoms with E-state index in [1.807, 2.05) is 31.2 Å². The van der Waals surface area contributed by atoms with Gasteiger partial charge in [-0.2, -0.15) is 4.98 Å². The summed E-state index contributed by atoms with van der Waals surface area (Å²) in [4.78, 5) is 4.27. The maximum absolute atomic E-state index is 5.81. The molecule has 0 fully saturated rings. The zero-order valence-corrected chi connectivity index (χ0v) is 11.7. The van der Waals surface area contributed by atoms with Crippen LogP contribution in [0.2, 0.25) is 0 Å². The minimum absolute atomic E-state index is 0. The Hall–Kier alpha value is -0.910. The van der Waals surface area contributed by atoms with Gasteiger partial charge in [-0.25, -0.2) is 0 Å². The lowest BCUT2D eigenvalue weighted by Gasteiger charge is -1.99. The van der Waals surface area contributed by atoms with Crippen molar-refractivity contribution in [2.24, 2.45) is 5.73 Å². The molecule has 0 unspecified atom stereocenters. The van der Waals surface area contributed by atoms with Gasteiger partial charge >= 0.3 is 0 Å². The molecule has 0 aliphatic rings. The van der Waals surface area contributed by atoms with Crippen molar-refractivity contribution in [3.8, 4) is 11.4 Å². The van der Waals surface area contributed by atoms with Crippen molar-refractivity contribution >= 4 is 28.3 Å². The van der Waals surface area contributed by atoms with Gasteiger partial charge in [0, 0.05) is 10.0 Å². The average molecular weight is 319 g/mol.